The fraction of sp³-hybridized carbons (Fsp3) is 0.680. The number of rotatable bonds is 6. The first kappa shape index (κ1) is 22.4. The number of hydrogen-bond donors (Lipinski definition) is 0. The highest BCUT2D eigenvalue weighted by Gasteiger charge is 2.35. The first-order valence-corrected chi connectivity index (χ1v) is 11.3. The Morgan fingerprint density at radius 3 is 2.07 bits per heavy atom. The summed E-state index contributed by atoms with van der Waals surface area (Å²) < 4.78 is 52.2. The molecule has 29 heavy (non-hydrogen) atoms. The van der Waals surface area contributed by atoms with E-state index in [-0.39, 0.29) is 5.92 Å². The third kappa shape index (κ3) is 5.86. The Labute approximate surface area is 172 Å². The van der Waals surface area contributed by atoms with Crippen molar-refractivity contribution in [2.75, 3.05) is 0 Å². The summed E-state index contributed by atoms with van der Waals surface area (Å²) in [5.74, 6) is 1.43. The van der Waals surface area contributed by atoms with E-state index in [4.69, 9.17) is 0 Å². The Morgan fingerprint density at radius 1 is 0.966 bits per heavy atom. The number of hydrogen-bond acceptors (Lipinski definition) is 0. The van der Waals surface area contributed by atoms with Crippen LogP contribution in [0, 0.1) is 23.6 Å². The van der Waals surface area contributed by atoms with Crippen molar-refractivity contribution in [3.63, 3.8) is 0 Å². The summed E-state index contributed by atoms with van der Waals surface area (Å²) in [6.45, 7) is 6.30. The third-order valence-corrected chi connectivity index (χ3v) is 7.51. The van der Waals surface area contributed by atoms with E-state index >= 15 is 0 Å². The number of halogens is 4. The van der Waals surface area contributed by atoms with Gasteiger partial charge < -0.3 is 0 Å². The van der Waals surface area contributed by atoms with Crippen LogP contribution in [-0.4, -0.2) is 0 Å². The second-order valence-corrected chi connectivity index (χ2v) is 9.27. The van der Waals surface area contributed by atoms with Gasteiger partial charge in [-0.3, -0.25) is 0 Å². The van der Waals surface area contributed by atoms with E-state index in [2.05, 4.69) is 13.5 Å². The van der Waals surface area contributed by atoms with Gasteiger partial charge in [-0.2, -0.15) is 13.2 Å². The Morgan fingerprint density at radius 2 is 1.55 bits per heavy atom. The van der Waals surface area contributed by atoms with Crippen LogP contribution in [0.4, 0.5) is 17.6 Å². The minimum Gasteiger partial charge on any atom is -0.206 e. The molecule has 0 atom stereocenters. The third-order valence-electron chi connectivity index (χ3n) is 7.51. The molecule has 2 saturated carbocycles. The molecule has 0 heterocycles. The second-order valence-electron chi connectivity index (χ2n) is 9.27. The summed E-state index contributed by atoms with van der Waals surface area (Å²) in [4.78, 5) is 0. The van der Waals surface area contributed by atoms with Crippen molar-refractivity contribution in [3.05, 3.63) is 47.3 Å². The van der Waals surface area contributed by atoms with E-state index in [1.165, 1.54) is 50.2 Å². The lowest BCUT2D eigenvalue weighted by Gasteiger charge is -2.38. The van der Waals surface area contributed by atoms with Crippen LogP contribution >= 0.6 is 0 Å². The molecule has 0 unspecified atom stereocenters. The first-order chi connectivity index (χ1) is 13.8. The van der Waals surface area contributed by atoms with Gasteiger partial charge in [-0.25, -0.2) is 4.39 Å². The van der Waals surface area contributed by atoms with Crippen molar-refractivity contribution in [1.82, 2.24) is 0 Å². The molecule has 0 aliphatic heterocycles. The molecule has 4 heteroatoms. The van der Waals surface area contributed by atoms with Crippen LogP contribution in [0.15, 0.2) is 30.4 Å². The highest BCUT2D eigenvalue weighted by molar-refractivity contribution is 5.29. The van der Waals surface area contributed by atoms with Crippen LogP contribution < -0.4 is 0 Å². The zero-order valence-corrected chi connectivity index (χ0v) is 17.5. The molecule has 1 aromatic rings. The van der Waals surface area contributed by atoms with Crippen LogP contribution in [0.25, 0.3) is 0 Å². The Hall–Kier alpha value is -1.32. The van der Waals surface area contributed by atoms with E-state index in [1.54, 1.807) is 0 Å². The highest BCUT2D eigenvalue weighted by atomic mass is 19.4. The van der Waals surface area contributed by atoms with Crippen molar-refractivity contribution >= 4 is 0 Å². The van der Waals surface area contributed by atoms with Gasteiger partial charge in [-0.15, -0.1) is 0 Å². The average molecular weight is 411 g/mol. The number of benzene rings is 1. The smallest absolute Gasteiger partial charge is 0.206 e. The molecule has 0 radical (unpaired) electrons. The largest absolute Gasteiger partial charge is 0.419 e. The molecule has 0 aromatic heterocycles. The van der Waals surface area contributed by atoms with E-state index in [0.717, 1.165) is 67.6 Å². The van der Waals surface area contributed by atoms with Gasteiger partial charge in [-0.1, -0.05) is 38.0 Å². The van der Waals surface area contributed by atoms with E-state index in [9.17, 15) is 17.6 Å². The Bertz CT molecular complexity index is 675. The zero-order chi connectivity index (χ0) is 21.0. The predicted octanol–water partition coefficient (Wildman–Crippen LogP) is 8.67. The summed E-state index contributed by atoms with van der Waals surface area (Å²) in [6, 6.07) is 3.50. The molecule has 0 saturated heterocycles. The molecule has 0 spiro atoms. The lowest BCUT2D eigenvalue weighted by Crippen LogP contribution is -2.25. The molecule has 0 nitrogen and oxygen atoms in total. The van der Waals surface area contributed by atoms with Crippen molar-refractivity contribution in [2.24, 2.45) is 17.8 Å². The van der Waals surface area contributed by atoms with Gasteiger partial charge in [0.15, 0.2) is 0 Å². The maximum Gasteiger partial charge on any atom is 0.419 e. The average Bonchev–Trinajstić information content (AvgIpc) is 2.71. The normalized spacial score (nSPS) is 28.3. The van der Waals surface area contributed by atoms with Crippen LogP contribution in [0.1, 0.15) is 94.6 Å². The lowest BCUT2D eigenvalue weighted by molar-refractivity contribution is -0.140. The van der Waals surface area contributed by atoms with Gasteiger partial charge in [-0.05, 0) is 99.2 Å². The second kappa shape index (κ2) is 9.66. The van der Waals surface area contributed by atoms with E-state index < -0.39 is 17.6 Å². The van der Waals surface area contributed by atoms with Crippen LogP contribution in [0.2, 0.25) is 0 Å². The molecule has 0 N–H and O–H groups in total. The number of allylic oxidation sites excluding steroid dienone is 1. The van der Waals surface area contributed by atoms with Gasteiger partial charge in [0, 0.05) is 0 Å². The van der Waals surface area contributed by atoms with Gasteiger partial charge in [0.1, 0.15) is 5.82 Å². The lowest BCUT2D eigenvalue weighted by atomic mass is 9.68. The van der Waals surface area contributed by atoms with Crippen molar-refractivity contribution in [1.29, 1.82) is 0 Å². The Balaban J connectivity index is 1.46. The minimum atomic E-state index is -4.62. The summed E-state index contributed by atoms with van der Waals surface area (Å²) in [6.07, 6.45) is 8.36. The molecule has 162 valence electrons. The molecular formula is C25H34F4. The fourth-order valence-corrected chi connectivity index (χ4v) is 5.47. The molecule has 3 rings (SSSR count). The van der Waals surface area contributed by atoms with Crippen LogP contribution in [0.3, 0.4) is 0 Å². The van der Waals surface area contributed by atoms with Crippen molar-refractivity contribution in [2.45, 2.75) is 89.6 Å². The van der Waals surface area contributed by atoms with Crippen molar-refractivity contribution < 1.29 is 17.6 Å². The van der Waals surface area contributed by atoms with E-state index in [1.807, 2.05) is 0 Å². The monoisotopic (exact) mass is 410 g/mol. The fourth-order valence-electron chi connectivity index (χ4n) is 5.47. The molecule has 2 aliphatic rings. The van der Waals surface area contributed by atoms with Gasteiger partial charge in [0.25, 0.3) is 0 Å². The molecular weight excluding hydrogens is 376 g/mol. The zero-order valence-electron chi connectivity index (χ0n) is 17.5. The summed E-state index contributed by atoms with van der Waals surface area (Å²) >= 11 is 0. The van der Waals surface area contributed by atoms with Crippen molar-refractivity contribution in [3.8, 4) is 0 Å². The van der Waals surface area contributed by atoms with Gasteiger partial charge >= 0.3 is 6.18 Å². The predicted molar refractivity (Wildman–Crippen MR) is 110 cm³/mol. The van der Waals surface area contributed by atoms with Gasteiger partial charge in [0.05, 0.1) is 5.56 Å². The minimum absolute atomic E-state index is 0.194. The Kier molecular flexibility index (Phi) is 7.45. The standard InChI is InChI=1S/C25H34F4/c1-3-17(2)4-5-18-6-8-19(9-7-18)20-10-12-21(13-11-20)22-14-15-23(24(26)16-22)25(27,28)29/h14-16,18-21H,2-13H2,1H3. The maximum absolute atomic E-state index is 13.9. The van der Waals surface area contributed by atoms with E-state index in [0.29, 0.717) is 0 Å². The summed E-state index contributed by atoms with van der Waals surface area (Å²) in [5.41, 5.74) is 0.938. The van der Waals surface area contributed by atoms with Crippen LogP contribution in [-0.2, 0) is 6.18 Å². The maximum atomic E-state index is 13.9. The molecule has 1 aromatic carbocycles. The SMILES string of the molecule is C=C(CC)CCC1CCC(C2CCC(c3ccc(C(F)(F)F)c(F)c3)CC2)CC1. The first-order valence-electron chi connectivity index (χ1n) is 11.3. The molecule has 0 bridgehead atoms. The quantitative estimate of drug-likeness (QED) is 0.325. The highest BCUT2D eigenvalue weighted by Crippen LogP contribution is 2.45. The molecule has 0 amide bonds. The molecule has 2 aliphatic carbocycles. The number of alkyl halides is 3. The van der Waals surface area contributed by atoms with Gasteiger partial charge in [0.2, 0.25) is 0 Å². The topological polar surface area (TPSA) is 0 Å². The van der Waals surface area contributed by atoms with Crippen LogP contribution in [0.5, 0.6) is 0 Å². The summed E-state index contributed by atoms with van der Waals surface area (Å²) in [7, 11) is 0. The molecule has 2 fully saturated rings. The summed E-state index contributed by atoms with van der Waals surface area (Å²) in [5, 5.41) is 0.